The van der Waals surface area contributed by atoms with Gasteiger partial charge >= 0.3 is 0 Å². The molecule has 0 aliphatic rings. The van der Waals surface area contributed by atoms with Crippen LogP contribution in [0.4, 0.5) is 0 Å². The largest absolute Gasteiger partial charge is 0.507 e. The Morgan fingerprint density at radius 2 is 1.24 bits per heavy atom. The molecule has 1 atom stereocenters. The van der Waals surface area contributed by atoms with Crippen molar-refractivity contribution in [3.63, 3.8) is 0 Å². The topological polar surface area (TPSA) is 94.8 Å². The summed E-state index contributed by atoms with van der Waals surface area (Å²) < 4.78 is 33.9. The van der Waals surface area contributed by atoms with E-state index >= 15 is 0 Å². The van der Waals surface area contributed by atoms with Gasteiger partial charge < -0.3 is 10.2 Å². The molecule has 0 aliphatic carbocycles. The fourth-order valence-electron chi connectivity index (χ4n) is 3.24. The van der Waals surface area contributed by atoms with Crippen LogP contribution in [0.3, 0.4) is 0 Å². The molecular weight excluding hydrogens is 482 g/mol. The van der Waals surface area contributed by atoms with Gasteiger partial charge in [-0.15, -0.1) is 0 Å². The van der Waals surface area contributed by atoms with E-state index in [9.17, 15) is 23.2 Å². The van der Waals surface area contributed by atoms with Crippen molar-refractivity contribution in [2.75, 3.05) is 0 Å². The van der Waals surface area contributed by atoms with Crippen LogP contribution in [0.2, 0.25) is 20.1 Å². The number of aromatic hydroxyl groups is 2. The molecule has 3 aromatic carbocycles. The van der Waals surface area contributed by atoms with E-state index in [0.29, 0.717) is 0 Å². The van der Waals surface area contributed by atoms with E-state index in [4.69, 9.17) is 46.4 Å². The molecule has 5 nitrogen and oxygen atoms in total. The van der Waals surface area contributed by atoms with Crippen LogP contribution >= 0.6 is 46.4 Å². The summed E-state index contributed by atoms with van der Waals surface area (Å²) in [5.74, 6) is -1.24. The monoisotopic (exact) mass is 492 g/mol. The van der Waals surface area contributed by atoms with Gasteiger partial charge in [0, 0.05) is 15.6 Å². The smallest absolute Gasteiger partial charge is 0.283 e. The van der Waals surface area contributed by atoms with Crippen LogP contribution in [0.5, 0.6) is 11.5 Å². The zero-order valence-electron chi connectivity index (χ0n) is 14.3. The van der Waals surface area contributed by atoms with Gasteiger partial charge in [-0.05, 0) is 42.0 Å². The summed E-state index contributed by atoms with van der Waals surface area (Å²) in [5.41, 5.74) is -0.974. The van der Waals surface area contributed by atoms with Gasteiger partial charge in [-0.1, -0.05) is 64.6 Å². The van der Waals surface area contributed by atoms with Crippen molar-refractivity contribution in [1.29, 1.82) is 0 Å². The number of benzene rings is 3. The molecule has 10 heteroatoms. The molecule has 0 aromatic heterocycles. The highest BCUT2D eigenvalue weighted by Crippen LogP contribution is 2.54. The predicted molar refractivity (Wildman–Crippen MR) is 114 cm³/mol. The Balaban J connectivity index is 2.68. The van der Waals surface area contributed by atoms with E-state index in [-0.39, 0.29) is 31.2 Å². The fraction of sp³-hybridized carbons (Fsp3) is 0.0526. The normalized spacial score (nSPS) is 13.8. The molecule has 0 heterocycles. The molecule has 3 N–H and O–H groups in total. The maximum atomic E-state index is 13.0. The maximum absolute atomic E-state index is 13.0. The van der Waals surface area contributed by atoms with Crippen LogP contribution in [0, 0.1) is 0 Å². The van der Waals surface area contributed by atoms with Crippen LogP contribution in [0.15, 0.2) is 54.6 Å². The van der Waals surface area contributed by atoms with Gasteiger partial charge in [-0.2, -0.15) is 8.42 Å². The Hall–Kier alpha value is -1.67. The molecule has 29 heavy (non-hydrogen) atoms. The third-order valence-corrected chi connectivity index (χ3v) is 7.20. The maximum Gasteiger partial charge on any atom is 0.283 e. The lowest BCUT2D eigenvalue weighted by atomic mass is 9.82. The molecule has 3 rings (SSSR count). The summed E-state index contributed by atoms with van der Waals surface area (Å²) in [6.07, 6.45) is 0. The van der Waals surface area contributed by atoms with Crippen molar-refractivity contribution in [3.05, 3.63) is 91.4 Å². The van der Waals surface area contributed by atoms with Crippen LogP contribution < -0.4 is 0 Å². The standard InChI is InChI=1S/C19H12Cl4O5S/c20-11-6-4-10(5-7-11)19(29(26,27)28,17-14(24)2-1-3-15(17)25)16-12(21)8-9-13(22)18(16)23/h1-9,24-25H,(H,26,27,28). The van der Waals surface area contributed by atoms with Gasteiger partial charge in [-0.25, -0.2) is 0 Å². The molecule has 0 radical (unpaired) electrons. The minimum absolute atomic E-state index is 0.0528. The van der Waals surface area contributed by atoms with E-state index in [1.54, 1.807) is 0 Å². The predicted octanol–water partition coefficient (Wildman–Crippen LogP) is 5.89. The quantitative estimate of drug-likeness (QED) is 0.239. The summed E-state index contributed by atoms with van der Waals surface area (Å²) in [7, 11) is -5.20. The number of hydrogen-bond acceptors (Lipinski definition) is 4. The number of rotatable bonds is 4. The number of hydrogen-bond donors (Lipinski definition) is 3. The molecule has 0 aliphatic heterocycles. The third-order valence-electron chi connectivity index (χ3n) is 4.41. The first-order chi connectivity index (χ1) is 13.5. The molecule has 3 aromatic rings. The minimum atomic E-state index is -5.20. The molecule has 0 saturated heterocycles. The molecule has 0 saturated carbocycles. The Bertz CT molecular complexity index is 1180. The number of halogens is 4. The fourth-order valence-corrected chi connectivity index (χ4v) is 5.66. The second kappa shape index (κ2) is 7.87. The van der Waals surface area contributed by atoms with Crippen LogP contribution in [-0.4, -0.2) is 23.2 Å². The van der Waals surface area contributed by atoms with Gasteiger partial charge in [-0.3, -0.25) is 4.55 Å². The van der Waals surface area contributed by atoms with E-state index in [1.807, 2.05) is 0 Å². The van der Waals surface area contributed by atoms with Gasteiger partial charge in [0.15, 0.2) is 4.75 Å². The van der Waals surface area contributed by atoms with Crippen molar-refractivity contribution in [2.45, 2.75) is 4.75 Å². The highest BCUT2D eigenvalue weighted by molar-refractivity contribution is 7.87. The van der Waals surface area contributed by atoms with Gasteiger partial charge in [0.05, 0.1) is 15.6 Å². The molecular formula is C19H12Cl4O5S. The summed E-state index contributed by atoms with van der Waals surface area (Å²) in [6.45, 7) is 0. The van der Waals surface area contributed by atoms with E-state index in [0.717, 1.165) is 12.1 Å². The highest BCUT2D eigenvalue weighted by atomic mass is 35.5. The Labute approximate surface area is 186 Å². The summed E-state index contributed by atoms with van der Waals surface area (Å²) >= 11 is 24.7. The summed E-state index contributed by atoms with van der Waals surface area (Å²) in [4.78, 5) is 0. The van der Waals surface area contributed by atoms with Gasteiger partial charge in [0.2, 0.25) is 0 Å². The summed E-state index contributed by atoms with van der Waals surface area (Å²) in [6, 6.07) is 11.6. The zero-order valence-corrected chi connectivity index (χ0v) is 18.1. The molecule has 1 unspecified atom stereocenters. The Morgan fingerprint density at radius 1 is 0.724 bits per heavy atom. The molecule has 0 fully saturated rings. The van der Waals surface area contributed by atoms with Crippen molar-refractivity contribution >= 4 is 56.5 Å². The molecule has 0 spiro atoms. The first-order valence-electron chi connectivity index (χ1n) is 7.90. The third kappa shape index (κ3) is 3.54. The van der Waals surface area contributed by atoms with E-state index in [1.165, 1.54) is 42.5 Å². The van der Waals surface area contributed by atoms with E-state index in [2.05, 4.69) is 0 Å². The van der Waals surface area contributed by atoms with E-state index < -0.39 is 31.9 Å². The second-order valence-corrected chi connectivity index (χ2v) is 9.24. The number of phenols is 2. The lowest BCUT2D eigenvalue weighted by Gasteiger charge is -2.34. The van der Waals surface area contributed by atoms with Crippen molar-refractivity contribution in [3.8, 4) is 11.5 Å². The first kappa shape index (κ1) is 22.0. The van der Waals surface area contributed by atoms with Crippen molar-refractivity contribution in [1.82, 2.24) is 0 Å². The van der Waals surface area contributed by atoms with Crippen LogP contribution in [0.1, 0.15) is 16.7 Å². The minimum Gasteiger partial charge on any atom is -0.507 e. The summed E-state index contributed by atoms with van der Waals surface area (Å²) in [5, 5.41) is 20.8. The van der Waals surface area contributed by atoms with Crippen molar-refractivity contribution in [2.24, 2.45) is 0 Å². The molecule has 152 valence electrons. The average Bonchev–Trinajstić information content (AvgIpc) is 2.63. The molecule has 0 amide bonds. The molecule has 0 bridgehead atoms. The van der Waals surface area contributed by atoms with Gasteiger partial charge in [0.1, 0.15) is 11.5 Å². The first-order valence-corrected chi connectivity index (χ1v) is 10.9. The highest BCUT2D eigenvalue weighted by Gasteiger charge is 2.54. The average molecular weight is 494 g/mol. The van der Waals surface area contributed by atoms with Crippen LogP contribution in [-0.2, 0) is 14.9 Å². The van der Waals surface area contributed by atoms with Crippen LogP contribution in [0.25, 0.3) is 0 Å². The Kier molecular flexibility index (Phi) is 5.98. The number of phenolic OH excluding ortho intramolecular Hbond substituents is 2. The lowest BCUT2D eigenvalue weighted by Crippen LogP contribution is -2.39. The lowest BCUT2D eigenvalue weighted by molar-refractivity contribution is 0.416. The Morgan fingerprint density at radius 3 is 1.76 bits per heavy atom. The van der Waals surface area contributed by atoms with Crippen molar-refractivity contribution < 1.29 is 23.2 Å². The zero-order chi connectivity index (χ0) is 21.6. The SMILES string of the molecule is O=S(=O)(O)C(c1ccc(Cl)cc1)(c1c(O)cccc1O)c1c(Cl)ccc(Cl)c1Cl. The van der Waals surface area contributed by atoms with Gasteiger partial charge in [0.25, 0.3) is 10.1 Å². The second-order valence-electron chi connectivity index (χ2n) is 6.05.